The minimum absolute atomic E-state index is 0. The van der Waals surface area contributed by atoms with Crippen molar-refractivity contribution < 1.29 is 0 Å². The standard InChI is InChI=1S/C11H16N2.BrH/c1-8-11(2,3)9-6-4-5-7-10(9)13(8)12;/h4-8H,12H2,1-3H3;1H. The second-order valence-electron chi connectivity index (χ2n) is 4.32. The molecule has 0 amide bonds. The van der Waals surface area contributed by atoms with E-state index in [1.807, 2.05) is 11.1 Å². The van der Waals surface area contributed by atoms with Crippen LogP contribution in [-0.2, 0) is 5.41 Å². The van der Waals surface area contributed by atoms with Gasteiger partial charge >= 0.3 is 0 Å². The SMILES string of the molecule is Br.CC1N(N)c2ccccc2C1(C)C. The van der Waals surface area contributed by atoms with Crippen molar-refractivity contribution in [2.24, 2.45) is 5.84 Å². The Morgan fingerprint density at radius 1 is 1.29 bits per heavy atom. The summed E-state index contributed by atoms with van der Waals surface area (Å²) in [6.07, 6.45) is 0. The van der Waals surface area contributed by atoms with E-state index in [1.54, 1.807) is 0 Å². The molecule has 3 heteroatoms. The molecule has 0 saturated heterocycles. The van der Waals surface area contributed by atoms with Gasteiger partial charge in [-0.1, -0.05) is 32.0 Å². The van der Waals surface area contributed by atoms with E-state index >= 15 is 0 Å². The lowest BCUT2D eigenvalue weighted by molar-refractivity contribution is 0.445. The zero-order chi connectivity index (χ0) is 9.64. The van der Waals surface area contributed by atoms with E-state index in [2.05, 4.69) is 39.0 Å². The number of hydrogen-bond acceptors (Lipinski definition) is 2. The van der Waals surface area contributed by atoms with E-state index in [0.29, 0.717) is 6.04 Å². The largest absolute Gasteiger partial charge is 0.307 e. The summed E-state index contributed by atoms with van der Waals surface area (Å²) in [7, 11) is 0. The Bertz CT molecular complexity index is 336. The van der Waals surface area contributed by atoms with Gasteiger partial charge in [-0.25, -0.2) is 5.84 Å². The van der Waals surface area contributed by atoms with Gasteiger partial charge in [-0.05, 0) is 18.6 Å². The van der Waals surface area contributed by atoms with Crippen molar-refractivity contribution in [2.45, 2.75) is 32.2 Å². The summed E-state index contributed by atoms with van der Waals surface area (Å²) in [5.41, 5.74) is 2.68. The predicted octanol–water partition coefficient (Wildman–Crippen LogP) is 2.62. The molecule has 1 heterocycles. The van der Waals surface area contributed by atoms with Crippen LogP contribution in [-0.4, -0.2) is 6.04 Å². The molecule has 1 aromatic rings. The molecule has 0 spiro atoms. The molecule has 14 heavy (non-hydrogen) atoms. The molecular weight excluding hydrogens is 240 g/mol. The van der Waals surface area contributed by atoms with Crippen molar-refractivity contribution >= 4 is 22.7 Å². The Hall–Kier alpha value is -0.540. The lowest BCUT2D eigenvalue weighted by atomic mass is 9.81. The number of hydrogen-bond donors (Lipinski definition) is 1. The summed E-state index contributed by atoms with van der Waals surface area (Å²) < 4.78 is 0. The lowest BCUT2D eigenvalue weighted by Crippen LogP contribution is -2.43. The Balaban J connectivity index is 0.000000980. The smallest absolute Gasteiger partial charge is 0.0558 e. The van der Waals surface area contributed by atoms with Crippen LogP contribution in [0.1, 0.15) is 26.3 Å². The summed E-state index contributed by atoms with van der Waals surface area (Å²) >= 11 is 0. The molecule has 0 saturated carbocycles. The van der Waals surface area contributed by atoms with Gasteiger partial charge in [-0.15, -0.1) is 17.0 Å². The molecule has 2 nitrogen and oxygen atoms in total. The zero-order valence-electron chi connectivity index (χ0n) is 8.82. The first-order valence-electron chi connectivity index (χ1n) is 4.68. The topological polar surface area (TPSA) is 29.3 Å². The van der Waals surface area contributed by atoms with E-state index in [1.165, 1.54) is 11.3 Å². The lowest BCUT2D eigenvalue weighted by Gasteiger charge is -2.27. The van der Waals surface area contributed by atoms with Gasteiger partial charge in [0.25, 0.3) is 0 Å². The average Bonchev–Trinajstić information content (AvgIpc) is 2.30. The van der Waals surface area contributed by atoms with Gasteiger partial charge < -0.3 is 5.01 Å². The average molecular weight is 257 g/mol. The van der Waals surface area contributed by atoms with E-state index in [4.69, 9.17) is 5.84 Å². The van der Waals surface area contributed by atoms with Crippen molar-refractivity contribution in [3.05, 3.63) is 29.8 Å². The maximum Gasteiger partial charge on any atom is 0.0558 e. The van der Waals surface area contributed by atoms with E-state index in [0.717, 1.165) is 0 Å². The quantitative estimate of drug-likeness (QED) is 0.724. The van der Waals surface area contributed by atoms with Crippen LogP contribution in [0.25, 0.3) is 0 Å². The fourth-order valence-corrected chi connectivity index (χ4v) is 2.03. The first-order valence-corrected chi connectivity index (χ1v) is 4.68. The van der Waals surface area contributed by atoms with Gasteiger partial charge in [0.15, 0.2) is 0 Å². The molecule has 78 valence electrons. The first-order chi connectivity index (χ1) is 6.05. The van der Waals surface area contributed by atoms with Gasteiger partial charge in [-0.2, -0.15) is 0 Å². The molecule has 1 unspecified atom stereocenters. The third-order valence-electron chi connectivity index (χ3n) is 3.34. The fourth-order valence-electron chi connectivity index (χ4n) is 2.03. The second kappa shape index (κ2) is 3.55. The molecule has 2 N–H and O–H groups in total. The van der Waals surface area contributed by atoms with Gasteiger partial charge in [0.2, 0.25) is 0 Å². The molecule has 1 atom stereocenters. The number of halogens is 1. The monoisotopic (exact) mass is 256 g/mol. The fraction of sp³-hybridized carbons (Fsp3) is 0.455. The molecule has 1 aliphatic rings. The van der Waals surface area contributed by atoms with Gasteiger partial charge in [-0.3, -0.25) is 0 Å². The Labute approximate surface area is 95.8 Å². The van der Waals surface area contributed by atoms with Crippen molar-refractivity contribution in [3.63, 3.8) is 0 Å². The van der Waals surface area contributed by atoms with Gasteiger partial charge in [0.05, 0.1) is 11.7 Å². The van der Waals surface area contributed by atoms with E-state index < -0.39 is 0 Å². The molecule has 1 aliphatic heterocycles. The maximum absolute atomic E-state index is 6.00. The van der Waals surface area contributed by atoms with Crippen molar-refractivity contribution in [1.29, 1.82) is 0 Å². The number of anilines is 1. The zero-order valence-corrected chi connectivity index (χ0v) is 10.5. The van der Waals surface area contributed by atoms with Crippen molar-refractivity contribution in [3.8, 4) is 0 Å². The minimum Gasteiger partial charge on any atom is -0.307 e. The number of nitrogens with two attached hydrogens (primary N) is 1. The molecule has 1 aromatic carbocycles. The van der Waals surface area contributed by atoms with Crippen LogP contribution >= 0.6 is 17.0 Å². The van der Waals surface area contributed by atoms with Crippen molar-refractivity contribution in [1.82, 2.24) is 0 Å². The Morgan fingerprint density at radius 2 is 1.86 bits per heavy atom. The molecule has 0 aromatic heterocycles. The molecule has 0 bridgehead atoms. The normalized spacial score (nSPS) is 22.9. The number of hydrazine groups is 1. The third kappa shape index (κ3) is 1.35. The molecule has 0 fully saturated rings. The summed E-state index contributed by atoms with van der Waals surface area (Å²) in [6, 6.07) is 8.73. The predicted molar refractivity (Wildman–Crippen MR) is 65.9 cm³/mol. The summed E-state index contributed by atoms with van der Waals surface area (Å²) in [4.78, 5) is 0. The Kier molecular flexibility index (Phi) is 2.93. The number of benzene rings is 1. The molecule has 0 aliphatic carbocycles. The van der Waals surface area contributed by atoms with Crippen LogP contribution in [0.5, 0.6) is 0 Å². The van der Waals surface area contributed by atoms with E-state index in [-0.39, 0.29) is 22.4 Å². The molecule has 0 radical (unpaired) electrons. The summed E-state index contributed by atoms with van der Waals surface area (Å²) in [5, 5.41) is 1.87. The molecule has 2 rings (SSSR count). The summed E-state index contributed by atoms with van der Waals surface area (Å²) in [6.45, 7) is 6.65. The van der Waals surface area contributed by atoms with Crippen LogP contribution in [0.15, 0.2) is 24.3 Å². The summed E-state index contributed by atoms with van der Waals surface area (Å²) in [5.74, 6) is 6.00. The van der Waals surface area contributed by atoms with Gasteiger partial charge in [0.1, 0.15) is 0 Å². The number of fused-ring (bicyclic) bond motifs is 1. The van der Waals surface area contributed by atoms with E-state index in [9.17, 15) is 0 Å². The minimum atomic E-state index is 0. The van der Waals surface area contributed by atoms with Crippen LogP contribution < -0.4 is 10.9 Å². The highest BCUT2D eigenvalue weighted by atomic mass is 79.9. The van der Waals surface area contributed by atoms with Crippen LogP contribution in [0, 0.1) is 0 Å². The van der Waals surface area contributed by atoms with Crippen molar-refractivity contribution in [2.75, 3.05) is 5.01 Å². The highest BCUT2D eigenvalue weighted by molar-refractivity contribution is 8.93. The highest BCUT2D eigenvalue weighted by Gasteiger charge is 2.40. The number of rotatable bonds is 0. The first kappa shape index (κ1) is 11.5. The number of para-hydroxylation sites is 1. The Morgan fingerprint density at radius 3 is 2.43 bits per heavy atom. The third-order valence-corrected chi connectivity index (χ3v) is 3.34. The van der Waals surface area contributed by atoms with Gasteiger partial charge in [0, 0.05) is 5.41 Å². The maximum atomic E-state index is 6.00. The van der Waals surface area contributed by atoms with Crippen LogP contribution in [0.2, 0.25) is 0 Å². The van der Waals surface area contributed by atoms with Crippen LogP contribution in [0.3, 0.4) is 0 Å². The highest BCUT2D eigenvalue weighted by Crippen LogP contribution is 2.42. The number of nitrogens with zero attached hydrogens (tertiary/aromatic N) is 1. The van der Waals surface area contributed by atoms with Crippen LogP contribution in [0.4, 0.5) is 5.69 Å². The second-order valence-corrected chi connectivity index (χ2v) is 4.32. The molecular formula is C11H17BrN2.